The molecule has 2 aromatic carbocycles. The monoisotopic (exact) mass is 308 g/mol. The minimum atomic E-state index is 0.374. The van der Waals surface area contributed by atoms with Gasteiger partial charge in [0.25, 0.3) is 0 Å². The van der Waals surface area contributed by atoms with Crippen LogP contribution in [-0.4, -0.2) is 5.11 Å². The lowest BCUT2D eigenvalue weighted by atomic mass is 9.62. The van der Waals surface area contributed by atoms with Crippen LogP contribution >= 0.6 is 0 Å². The van der Waals surface area contributed by atoms with Crippen LogP contribution in [0.1, 0.15) is 69.4 Å². The van der Waals surface area contributed by atoms with Gasteiger partial charge in [-0.15, -0.1) is 0 Å². The van der Waals surface area contributed by atoms with E-state index in [1.165, 1.54) is 55.7 Å². The van der Waals surface area contributed by atoms with E-state index in [0.717, 1.165) is 11.8 Å². The molecule has 1 nitrogen and oxygen atoms in total. The van der Waals surface area contributed by atoms with Crippen LogP contribution in [0.15, 0.2) is 30.3 Å². The van der Waals surface area contributed by atoms with Crippen molar-refractivity contribution in [2.75, 3.05) is 0 Å². The minimum Gasteiger partial charge on any atom is -0.508 e. The van der Waals surface area contributed by atoms with Crippen LogP contribution in [0.2, 0.25) is 0 Å². The van der Waals surface area contributed by atoms with Crippen LogP contribution in [0.25, 0.3) is 10.8 Å². The van der Waals surface area contributed by atoms with Gasteiger partial charge >= 0.3 is 0 Å². The van der Waals surface area contributed by atoms with Gasteiger partial charge in [0, 0.05) is 0 Å². The molecule has 3 atom stereocenters. The average molecular weight is 308 g/mol. The lowest BCUT2D eigenvalue weighted by Gasteiger charge is -2.42. The van der Waals surface area contributed by atoms with E-state index in [0.29, 0.717) is 11.2 Å². The van der Waals surface area contributed by atoms with E-state index in [2.05, 4.69) is 32.0 Å². The second-order valence-electron chi connectivity index (χ2n) is 8.01. The maximum atomic E-state index is 9.74. The molecule has 1 fully saturated rings. The van der Waals surface area contributed by atoms with Crippen molar-refractivity contribution in [2.45, 2.75) is 64.7 Å². The van der Waals surface area contributed by atoms with Crippen LogP contribution in [-0.2, 0) is 6.42 Å². The van der Waals surface area contributed by atoms with Gasteiger partial charge in [0.15, 0.2) is 0 Å². The number of unbranched alkanes of at least 4 members (excludes halogenated alkanes) is 1. The van der Waals surface area contributed by atoms with E-state index in [4.69, 9.17) is 0 Å². The molecule has 2 aliphatic carbocycles. The topological polar surface area (TPSA) is 20.2 Å². The first-order valence-corrected chi connectivity index (χ1v) is 9.38. The predicted molar refractivity (Wildman–Crippen MR) is 97.0 cm³/mol. The van der Waals surface area contributed by atoms with Crippen molar-refractivity contribution in [2.24, 2.45) is 11.3 Å². The number of benzene rings is 2. The minimum absolute atomic E-state index is 0.374. The Morgan fingerprint density at radius 1 is 1.17 bits per heavy atom. The number of fused-ring (bicyclic) bond motifs is 5. The Morgan fingerprint density at radius 2 is 2.04 bits per heavy atom. The third-order valence-corrected chi connectivity index (χ3v) is 6.88. The maximum absolute atomic E-state index is 9.74. The first-order valence-electron chi connectivity index (χ1n) is 9.38. The number of aromatic hydroxyl groups is 1. The third-order valence-electron chi connectivity index (χ3n) is 6.88. The molecular weight excluding hydrogens is 280 g/mol. The second kappa shape index (κ2) is 5.54. The lowest BCUT2D eigenvalue weighted by Crippen LogP contribution is -2.32. The highest BCUT2D eigenvalue weighted by Gasteiger charge is 2.48. The van der Waals surface area contributed by atoms with Crippen LogP contribution in [0.5, 0.6) is 5.75 Å². The molecule has 1 unspecified atom stereocenters. The van der Waals surface area contributed by atoms with Crippen molar-refractivity contribution in [3.05, 3.63) is 41.5 Å². The summed E-state index contributed by atoms with van der Waals surface area (Å²) in [6.45, 7) is 4.88. The van der Waals surface area contributed by atoms with Crippen LogP contribution in [0.3, 0.4) is 0 Å². The molecule has 0 aliphatic heterocycles. The fourth-order valence-corrected chi connectivity index (χ4v) is 5.52. The van der Waals surface area contributed by atoms with Crippen molar-refractivity contribution in [1.29, 1.82) is 0 Å². The van der Waals surface area contributed by atoms with Gasteiger partial charge in [0.2, 0.25) is 0 Å². The van der Waals surface area contributed by atoms with Gasteiger partial charge in [-0.2, -0.15) is 0 Å². The molecule has 0 aromatic heterocycles. The Labute approximate surface area is 139 Å². The average Bonchev–Trinajstić information content (AvgIpc) is 2.89. The summed E-state index contributed by atoms with van der Waals surface area (Å²) in [6, 6.07) is 10.5. The van der Waals surface area contributed by atoms with Crippen LogP contribution in [0.4, 0.5) is 0 Å². The molecule has 1 heteroatoms. The highest BCUT2D eigenvalue weighted by Crippen LogP contribution is 2.60. The number of rotatable bonds is 3. The van der Waals surface area contributed by atoms with Crippen molar-refractivity contribution in [3.63, 3.8) is 0 Å². The van der Waals surface area contributed by atoms with Gasteiger partial charge in [0.1, 0.15) is 5.75 Å². The molecular formula is C22H28O. The second-order valence-corrected chi connectivity index (χ2v) is 8.01. The molecule has 0 amide bonds. The summed E-state index contributed by atoms with van der Waals surface area (Å²) in [6.07, 6.45) is 9.43. The van der Waals surface area contributed by atoms with Crippen LogP contribution in [0, 0.1) is 11.3 Å². The fourth-order valence-electron chi connectivity index (χ4n) is 5.52. The number of phenols is 1. The van der Waals surface area contributed by atoms with Crippen molar-refractivity contribution < 1.29 is 5.11 Å². The summed E-state index contributed by atoms with van der Waals surface area (Å²) in [5.74, 6) is 2.03. The molecule has 1 N–H and O–H groups in total. The summed E-state index contributed by atoms with van der Waals surface area (Å²) in [4.78, 5) is 0. The van der Waals surface area contributed by atoms with Crippen LogP contribution < -0.4 is 0 Å². The molecule has 122 valence electrons. The molecule has 0 spiro atoms. The van der Waals surface area contributed by atoms with E-state index in [-0.39, 0.29) is 0 Å². The summed E-state index contributed by atoms with van der Waals surface area (Å²) < 4.78 is 0. The zero-order valence-corrected chi connectivity index (χ0v) is 14.4. The molecule has 2 aliphatic rings. The number of hydrogen-bond donors (Lipinski definition) is 1. The Hall–Kier alpha value is -1.50. The van der Waals surface area contributed by atoms with Gasteiger partial charge in [-0.3, -0.25) is 0 Å². The van der Waals surface area contributed by atoms with Crippen molar-refractivity contribution >= 4 is 10.8 Å². The summed E-state index contributed by atoms with van der Waals surface area (Å²) in [5.41, 5.74) is 3.67. The first-order chi connectivity index (χ1) is 11.1. The fraction of sp³-hybridized carbons (Fsp3) is 0.545. The zero-order valence-electron chi connectivity index (χ0n) is 14.4. The van der Waals surface area contributed by atoms with E-state index in [9.17, 15) is 5.11 Å². The summed E-state index contributed by atoms with van der Waals surface area (Å²) >= 11 is 0. The van der Waals surface area contributed by atoms with Gasteiger partial charge in [0.05, 0.1) is 0 Å². The zero-order chi connectivity index (χ0) is 16.0. The maximum Gasteiger partial charge on any atom is 0.116 e. The lowest BCUT2D eigenvalue weighted by molar-refractivity contribution is 0.162. The largest absolute Gasteiger partial charge is 0.508 e. The summed E-state index contributed by atoms with van der Waals surface area (Å²) in [7, 11) is 0. The number of aryl methyl sites for hydroxylation is 1. The van der Waals surface area contributed by atoms with Gasteiger partial charge in [-0.25, -0.2) is 0 Å². The van der Waals surface area contributed by atoms with Crippen molar-refractivity contribution in [3.8, 4) is 5.75 Å². The molecule has 23 heavy (non-hydrogen) atoms. The molecule has 4 rings (SSSR count). The van der Waals surface area contributed by atoms with E-state index >= 15 is 0 Å². The van der Waals surface area contributed by atoms with E-state index < -0.39 is 0 Å². The quantitative estimate of drug-likeness (QED) is 0.717. The molecule has 0 bridgehead atoms. The predicted octanol–water partition coefficient (Wildman–Crippen LogP) is 6.18. The first kappa shape index (κ1) is 15.1. The normalized spacial score (nSPS) is 29.5. The Morgan fingerprint density at radius 3 is 2.87 bits per heavy atom. The number of hydrogen-bond acceptors (Lipinski definition) is 1. The molecule has 2 aromatic rings. The molecule has 1 saturated carbocycles. The van der Waals surface area contributed by atoms with Gasteiger partial charge in [-0.05, 0) is 83.4 Å². The summed E-state index contributed by atoms with van der Waals surface area (Å²) in [5, 5.41) is 12.3. The highest BCUT2D eigenvalue weighted by molar-refractivity contribution is 5.88. The number of phenolic OH excluding ortho intramolecular Hbond substituents is 1. The molecule has 0 saturated heterocycles. The Balaban J connectivity index is 1.75. The third kappa shape index (κ3) is 2.28. The Bertz CT molecular complexity index is 732. The Kier molecular flexibility index (Phi) is 3.63. The van der Waals surface area contributed by atoms with Crippen molar-refractivity contribution in [1.82, 2.24) is 0 Å². The van der Waals surface area contributed by atoms with E-state index in [1.807, 2.05) is 12.1 Å². The standard InChI is InChI=1S/C22H28O/c1-3-4-5-16-7-11-21-20-9-6-15-14-17(23)8-10-18(15)19(20)12-13-22(16,21)2/h6,8-10,14,16,21,23H,3-5,7,11-13H2,1-2H3/t16-,21?,22+/m0/s1. The highest BCUT2D eigenvalue weighted by atomic mass is 16.3. The van der Waals surface area contributed by atoms with E-state index in [1.54, 1.807) is 11.1 Å². The molecule has 0 heterocycles. The SMILES string of the molecule is CCCC[C@H]1CCC2c3ccc4cc(O)ccc4c3CC[C@@]21C. The van der Waals surface area contributed by atoms with Gasteiger partial charge in [-0.1, -0.05) is 44.9 Å². The molecule has 0 radical (unpaired) electrons. The smallest absolute Gasteiger partial charge is 0.116 e. The van der Waals surface area contributed by atoms with Gasteiger partial charge < -0.3 is 5.11 Å².